The van der Waals surface area contributed by atoms with E-state index in [1.807, 2.05) is 18.2 Å². The van der Waals surface area contributed by atoms with Crippen molar-refractivity contribution in [2.45, 2.75) is 0 Å². The molecule has 0 aliphatic heterocycles. The summed E-state index contributed by atoms with van der Waals surface area (Å²) in [5.74, 6) is 0.609. The first-order valence-electron chi connectivity index (χ1n) is 7.87. The maximum absolute atomic E-state index is 11.3. The molecular formula is C18H14N4O4S. The first kappa shape index (κ1) is 17.0. The zero-order valence-electron chi connectivity index (χ0n) is 14.2. The lowest BCUT2D eigenvalue weighted by Crippen LogP contribution is -2.05. The van der Waals surface area contributed by atoms with Crippen molar-refractivity contribution in [3.05, 3.63) is 54.7 Å². The highest BCUT2D eigenvalue weighted by Crippen LogP contribution is 2.29. The van der Waals surface area contributed by atoms with Crippen molar-refractivity contribution in [2.75, 3.05) is 12.0 Å². The quantitative estimate of drug-likeness (QED) is 0.535. The number of fused-ring (bicyclic) bond motifs is 1. The molecular weight excluding hydrogens is 368 g/mol. The molecule has 0 unspecified atom stereocenters. The van der Waals surface area contributed by atoms with E-state index in [-0.39, 0.29) is 17.5 Å². The van der Waals surface area contributed by atoms with E-state index in [9.17, 15) is 8.42 Å². The van der Waals surface area contributed by atoms with Crippen LogP contribution in [-0.2, 0) is 10.1 Å². The molecule has 27 heavy (non-hydrogen) atoms. The Hall–Kier alpha value is -3.46. The van der Waals surface area contributed by atoms with Crippen molar-refractivity contribution in [3.63, 3.8) is 0 Å². The molecule has 0 spiro atoms. The van der Waals surface area contributed by atoms with E-state index >= 15 is 0 Å². The predicted molar refractivity (Wildman–Crippen MR) is 100 cm³/mol. The Morgan fingerprint density at radius 2 is 1.89 bits per heavy atom. The molecule has 2 N–H and O–H groups in total. The fourth-order valence-corrected chi connectivity index (χ4v) is 3.00. The summed E-state index contributed by atoms with van der Waals surface area (Å²) in [6.45, 7) is 0. The number of nitrogens with zero attached hydrogens (tertiary/aromatic N) is 3. The number of hydrogen-bond acceptors (Lipinski definition) is 8. The van der Waals surface area contributed by atoms with Gasteiger partial charge < -0.3 is 14.3 Å². The predicted octanol–water partition coefficient (Wildman–Crippen LogP) is 2.87. The van der Waals surface area contributed by atoms with Crippen LogP contribution in [0.5, 0.6) is 5.75 Å². The molecule has 2 aromatic heterocycles. The maximum Gasteiger partial charge on any atom is 0.306 e. The highest BCUT2D eigenvalue weighted by atomic mass is 32.2. The third-order valence-electron chi connectivity index (χ3n) is 3.67. The topological polar surface area (TPSA) is 121 Å². The second-order valence-corrected chi connectivity index (χ2v) is 7.37. The maximum atomic E-state index is 11.3. The minimum absolute atomic E-state index is 0.175. The minimum atomic E-state index is -3.63. The Bertz CT molecular complexity index is 1220. The van der Waals surface area contributed by atoms with Crippen LogP contribution in [0.2, 0.25) is 0 Å². The van der Waals surface area contributed by atoms with Crippen molar-refractivity contribution in [1.29, 1.82) is 0 Å². The summed E-state index contributed by atoms with van der Waals surface area (Å²) < 4.78 is 33.3. The van der Waals surface area contributed by atoms with E-state index in [0.717, 1.165) is 6.26 Å². The number of rotatable bonds is 4. The largest absolute Gasteiger partial charge is 0.435 e. The molecule has 8 nitrogen and oxygen atoms in total. The molecule has 0 saturated heterocycles. The lowest BCUT2D eigenvalue weighted by atomic mass is 10.1. The van der Waals surface area contributed by atoms with Crippen molar-refractivity contribution >= 4 is 27.0 Å². The Balaban J connectivity index is 1.78. The van der Waals surface area contributed by atoms with E-state index in [1.165, 1.54) is 12.3 Å². The van der Waals surface area contributed by atoms with Crippen LogP contribution in [0.25, 0.3) is 33.9 Å². The van der Waals surface area contributed by atoms with Crippen molar-refractivity contribution in [1.82, 2.24) is 15.0 Å². The zero-order chi connectivity index (χ0) is 19.0. The molecule has 0 saturated carbocycles. The van der Waals surface area contributed by atoms with Gasteiger partial charge in [0, 0.05) is 5.56 Å². The van der Waals surface area contributed by atoms with Crippen molar-refractivity contribution in [2.24, 2.45) is 0 Å². The number of benzene rings is 2. The number of hydrogen-bond donors (Lipinski definition) is 1. The van der Waals surface area contributed by atoms with Crippen molar-refractivity contribution < 1.29 is 17.0 Å². The standard InChI is InChI=1S/C18H14N4O4S/c1-27(23,24)26-12-6-4-5-11(9-12)14-10-20-17(19)16(21-14)18-22-13-7-2-3-8-15(13)25-18/h2-10H,1H3,(H2,19,20). The van der Waals surface area contributed by atoms with Gasteiger partial charge in [-0.05, 0) is 24.3 Å². The minimum Gasteiger partial charge on any atom is -0.435 e. The van der Waals surface area contributed by atoms with Gasteiger partial charge in [0.1, 0.15) is 11.3 Å². The summed E-state index contributed by atoms with van der Waals surface area (Å²) in [5.41, 5.74) is 8.64. The number of nitrogen functional groups attached to an aromatic ring is 1. The average Bonchev–Trinajstić information content (AvgIpc) is 3.05. The van der Waals surface area contributed by atoms with Crippen molar-refractivity contribution in [3.8, 4) is 28.6 Å². The van der Waals surface area contributed by atoms with Crippen LogP contribution in [0.3, 0.4) is 0 Å². The Morgan fingerprint density at radius 3 is 2.67 bits per heavy atom. The average molecular weight is 382 g/mol. The zero-order valence-corrected chi connectivity index (χ0v) is 15.0. The monoisotopic (exact) mass is 382 g/mol. The highest BCUT2D eigenvalue weighted by Gasteiger charge is 2.16. The summed E-state index contributed by atoms with van der Waals surface area (Å²) in [7, 11) is -3.63. The fraction of sp³-hybridized carbons (Fsp3) is 0.0556. The molecule has 0 fully saturated rings. The highest BCUT2D eigenvalue weighted by molar-refractivity contribution is 7.86. The van der Waals surface area contributed by atoms with Gasteiger partial charge in [-0.3, -0.25) is 0 Å². The van der Waals surface area contributed by atoms with E-state index in [4.69, 9.17) is 14.3 Å². The van der Waals surface area contributed by atoms with Crippen LogP contribution in [-0.4, -0.2) is 29.6 Å². The van der Waals surface area contributed by atoms with Gasteiger partial charge >= 0.3 is 10.1 Å². The van der Waals surface area contributed by atoms with Gasteiger partial charge in [0.05, 0.1) is 18.1 Å². The molecule has 0 radical (unpaired) electrons. The van der Waals surface area contributed by atoms with E-state index in [1.54, 1.807) is 24.3 Å². The van der Waals surface area contributed by atoms with Crippen LogP contribution >= 0.6 is 0 Å². The lowest BCUT2D eigenvalue weighted by Gasteiger charge is -2.07. The second-order valence-electron chi connectivity index (χ2n) is 5.79. The molecule has 2 aromatic carbocycles. The molecule has 0 amide bonds. The molecule has 0 atom stereocenters. The molecule has 2 heterocycles. The van der Waals surface area contributed by atoms with Crippen LogP contribution in [0, 0.1) is 0 Å². The second kappa shape index (κ2) is 6.36. The molecule has 0 bridgehead atoms. The fourth-order valence-electron chi connectivity index (χ4n) is 2.55. The van der Waals surface area contributed by atoms with Crippen LogP contribution < -0.4 is 9.92 Å². The number of anilines is 1. The summed E-state index contributed by atoms with van der Waals surface area (Å²) in [4.78, 5) is 13.1. The first-order valence-corrected chi connectivity index (χ1v) is 9.69. The number of para-hydroxylation sites is 2. The Labute approximate surface area is 154 Å². The lowest BCUT2D eigenvalue weighted by molar-refractivity contribution is 0.493. The van der Waals surface area contributed by atoms with Crippen LogP contribution in [0.1, 0.15) is 0 Å². The molecule has 9 heteroatoms. The van der Waals surface area contributed by atoms with E-state index in [2.05, 4.69) is 15.0 Å². The molecule has 4 aromatic rings. The Morgan fingerprint density at radius 1 is 1.07 bits per heavy atom. The summed E-state index contributed by atoms with van der Waals surface area (Å²) in [6, 6.07) is 13.8. The Kier molecular flexibility index (Phi) is 4.00. The molecule has 0 aliphatic rings. The SMILES string of the molecule is CS(=O)(=O)Oc1cccc(-c2cnc(N)c(-c3nc4ccccc4o3)n2)c1. The third-order valence-corrected chi connectivity index (χ3v) is 4.17. The van der Waals surface area contributed by atoms with Gasteiger partial charge in [0.25, 0.3) is 0 Å². The van der Waals surface area contributed by atoms with Gasteiger partial charge in [-0.2, -0.15) is 8.42 Å². The molecule has 136 valence electrons. The number of oxazole rings is 1. The first-order chi connectivity index (χ1) is 12.9. The van der Waals surface area contributed by atoms with Gasteiger partial charge in [0.15, 0.2) is 17.1 Å². The van der Waals surface area contributed by atoms with E-state index in [0.29, 0.717) is 28.1 Å². The summed E-state index contributed by atoms with van der Waals surface area (Å²) in [6.07, 6.45) is 2.47. The van der Waals surface area contributed by atoms with Crippen LogP contribution in [0.15, 0.2) is 59.1 Å². The normalized spacial score (nSPS) is 11.6. The molecule has 4 rings (SSSR count). The number of nitrogens with two attached hydrogens (primary N) is 1. The van der Waals surface area contributed by atoms with E-state index < -0.39 is 10.1 Å². The summed E-state index contributed by atoms with van der Waals surface area (Å²) in [5, 5.41) is 0. The smallest absolute Gasteiger partial charge is 0.306 e. The molecule has 0 aliphatic carbocycles. The summed E-state index contributed by atoms with van der Waals surface area (Å²) >= 11 is 0. The van der Waals surface area contributed by atoms with Gasteiger partial charge in [-0.15, -0.1) is 0 Å². The third kappa shape index (κ3) is 3.58. The van der Waals surface area contributed by atoms with Crippen LogP contribution in [0.4, 0.5) is 5.82 Å². The van der Waals surface area contributed by atoms with Gasteiger partial charge in [-0.1, -0.05) is 24.3 Å². The van der Waals surface area contributed by atoms with Gasteiger partial charge in [-0.25, -0.2) is 15.0 Å². The van der Waals surface area contributed by atoms with Gasteiger partial charge in [0.2, 0.25) is 5.89 Å². The number of aromatic nitrogens is 3.